The Kier molecular flexibility index (Phi) is 6.73. The van der Waals surface area contributed by atoms with Crippen LogP contribution in [-0.4, -0.2) is 39.9 Å². The van der Waals surface area contributed by atoms with Crippen molar-refractivity contribution in [1.29, 1.82) is 0 Å². The van der Waals surface area contributed by atoms with Crippen molar-refractivity contribution >= 4 is 6.29 Å². The van der Waals surface area contributed by atoms with E-state index in [1.807, 2.05) is 0 Å². The third kappa shape index (κ3) is 3.64. The fourth-order valence-corrected chi connectivity index (χ4v) is 9.09. The first-order valence-electron chi connectivity index (χ1n) is 13.2. The predicted octanol–water partition coefficient (Wildman–Crippen LogP) is 4.76. The molecule has 0 aromatic rings. The quantitative estimate of drug-likeness (QED) is 0.406. The maximum absolute atomic E-state index is 12.8. The number of hydrogen-bond donors (Lipinski definition) is 3. The van der Waals surface area contributed by atoms with E-state index in [0.29, 0.717) is 36.5 Å². The molecule has 4 nitrogen and oxygen atoms in total. The van der Waals surface area contributed by atoms with Crippen LogP contribution in [0.5, 0.6) is 0 Å². The van der Waals surface area contributed by atoms with E-state index in [-0.39, 0.29) is 23.2 Å². The lowest BCUT2D eigenvalue weighted by Gasteiger charge is -2.63. The lowest BCUT2D eigenvalue weighted by Crippen LogP contribution is -2.64. The SMILES string of the molecule is C=C(CC[C@@H](C)[C@H]1CC[C@H]2[C@@H]3CC[C@H]4C[C@@H](O)C[C@H](O)[C@]4(C)[C@H]3[C@H](O)C[C@]12C=O)C(C)C. The van der Waals surface area contributed by atoms with Crippen molar-refractivity contribution in [2.75, 3.05) is 0 Å². The van der Waals surface area contributed by atoms with Gasteiger partial charge in [0, 0.05) is 10.8 Å². The highest BCUT2D eigenvalue weighted by molar-refractivity contribution is 5.62. The van der Waals surface area contributed by atoms with Crippen LogP contribution in [0.2, 0.25) is 0 Å². The van der Waals surface area contributed by atoms with Crippen LogP contribution in [0.15, 0.2) is 12.2 Å². The average Bonchev–Trinajstić information content (AvgIpc) is 3.12. The molecule has 0 saturated heterocycles. The molecule has 11 atom stereocenters. The van der Waals surface area contributed by atoms with Gasteiger partial charge >= 0.3 is 0 Å². The van der Waals surface area contributed by atoms with Crippen molar-refractivity contribution in [3.8, 4) is 0 Å². The maximum atomic E-state index is 12.8. The Morgan fingerprint density at radius 2 is 1.81 bits per heavy atom. The zero-order chi connectivity index (χ0) is 23.4. The number of fused-ring (bicyclic) bond motifs is 5. The molecule has 4 aliphatic carbocycles. The fraction of sp³-hybridized carbons (Fsp3) is 0.893. The van der Waals surface area contributed by atoms with Crippen molar-refractivity contribution < 1.29 is 20.1 Å². The zero-order valence-corrected chi connectivity index (χ0v) is 20.7. The molecule has 4 aliphatic rings. The van der Waals surface area contributed by atoms with Crippen LogP contribution >= 0.6 is 0 Å². The Morgan fingerprint density at radius 3 is 2.47 bits per heavy atom. The minimum Gasteiger partial charge on any atom is -0.393 e. The second kappa shape index (κ2) is 8.82. The average molecular weight is 447 g/mol. The van der Waals surface area contributed by atoms with Gasteiger partial charge in [0.15, 0.2) is 0 Å². The van der Waals surface area contributed by atoms with Gasteiger partial charge in [-0.15, -0.1) is 0 Å². The molecule has 0 aliphatic heterocycles. The Morgan fingerprint density at radius 1 is 1.09 bits per heavy atom. The van der Waals surface area contributed by atoms with E-state index in [2.05, 4.69) is 34.3 Å². The summed E-state index contributed by atoms with van der Waals surface area (Å²) >= 11 is 0. The molecule has 182 valence electrons. The van der Waals surface area contributed by atoms with Crippen molar-refractivity contribution in [1.82, 2.24) is 0 Å². The molecule has 0 spiro atoms. The number of hydrogen-bond acceptors (Lipinski definition) is 4. The molecular formula is C28H46O4. The third-order valence-corrected chi connectivity index (χ3v) is 11.0. The normalized spacial score (nSPS) is 49.1. The smallest absolute Gasteiger partial charge is 0.126 e. The number of carbonyl (C=O) groups is 1. The summed E-state index contributed by atoms with van der Waals surface area (Å²) in [5, 5.41) is 33.0. The van der Waals surface area contributed by atoms with Gasteiger partial charge in [0.25, 0.3) is 0 Å². The topological polar surface area (TPSA) is 77.8 Å². The fourth-order valence-electron chi connectivity index (χ4n) is 9.09. The number of carbonyl (C=O) groups excluding carboxylic acids is 1. The monoisotopic (exact) mass is 446 g/mol. The summed E-state index contributed by atoms with van der Waals surface area (Å²) in [6.45, 7) is 13.1. The van der Waals surface area contributed by atoms with Crippen molar-refractivity contribution in [2.45, 2.75) is 104 Å². The molecule has 0 aromatic heterocycles. The van der Waals surface area contributed by atoms with Gasteiger partial charge in [-0.1, -0.05) is 39.8 Å². The van der Waals surface area contributed by atoms with Gasteiger partial charge < -0.3 is 20.1 Å². The van der Waals surface area contributed by atoms with Crippen LogP contribution in [-0.2, 0) is 4.79 Å². The highest BCUT2D eigenvalue weighted by Crippen LogP contribution is 2.68. The Bertz CT molecular complexity index is 718. The van der Waals surface area contributed by atoms with Gasteiger partial charge in [0.1, 0.15) is 6.29 Å². The van der Waals surface area contributed by atoms with E-state index in [4.69, 9.17) is 0 Å². The van der Waals surface area contributed by atoms with E-state index in [0.717, 1.165) is 44.9 Å². The molecule has 0 aromatic carbocycles. The molecule has 0 unspecified atom stereocenters. The minimum atomic E-state index is -0.583. The summed E-state index contributed by atoms with van der Waals surface area (Å²) in [6.07, 6.45) is 7.52. The first kappa shape index (κ1) is 24.4. The minimum absolute atomic E-state index is 0.0246. The molecule has 0 heterocycles. The summed E-state index contributed by atoms with van der Waals surface area (Å²) in [5.41, 5.74) is 0.492. The van der Waals surface area contributed by atoms with Crippen molar-refractivity contribution in [2.24, 2.45) is 52.3 Å². The highest BCUT2D eigenvalue weighted by atomic mass is 16.3. The zero-order valence-electron chi connectivity index (χ0n) is 20.7. The van der Waals surface area contributed by atoms with Gasteiger partial charge in [-0.3, -0.25) is 0 Å². The molecule has 4 fully saturated rings. The molecule has 0 amide bonds. The number of allylic oxidation sites excluding steroid dienone is 1. The maximum Gasteiger partial charge on any atom is 0.126 e. The number of aldehydes is 1. The molecule has 4 heteroatoms. The Hall–Kier alpha value is -0.710. The number of aliphatic hydroxyl groups is 3. The summed E-state index contributed by atoms with van der Waals surface area (Å²) in [6, 6.07) is 0. The lowest BCUT2D eigenvalue weighted by molar-refractivity contribution is -0.215. The predicted molar refractivity (Wildman–Crippen MR) is 127 cm³/mol. The summed E-state index contributed by atoms with van der Waals surface area (Å²) in [7, 11) is 0. The van der Waals surface area contributed by atoms with E-state index in [1.54, 1.807) is 0 Å². The largest absolute Gasteiger partial charge is 0.393 e. The molecular weight excluding hydrogens is 400 g/mol. The highest BCUT2D eigenvalue weighted by Gasteiger charge is 2.66. The summed E-state index contributed by atoms with van der Waals surface area (Å²) in [5.74, 6) is 2.13. The van der Waals surface area contributed by atoms with E-state index >= 15 is 0 Å². The number of aliphatic hydroxyl groups excluding tert-OH is 3. The van der Waals surface area contributed by atoms with Gasteiger partial charge in [-0.2, -0.15) is 0 Å². The number of rotatable bonds is 6. The molecule has 32 heavy (non-hydrogen) atoms. The lowest BCUT2D eigenvalue weighted by atomic mass is 9.43. The van der Waals surface area contributed by atoms with Gasteiger partial charge in [-0.05, 0) is 99.2 Å². The second-order valence-corrected chi connectivity index (χ2v) is 12.6. The summed E-state index contributed by atoms with van der Waals surface area (Å²) < 4.78 is 0. The van der Waals surface area contributed by atoms with Gasteiger partial charge in [0.05, 0.1) is 18.3 Å². The Labute approximate surface area is 194 Å². The van der Waals surface area contributed by atoms with Crippen LogP contribution in [0.3, 0.4) is 0 Å². The molecule has 0 bridgehead atoms. The van der Waals surface area contributed by atoms with E-state index in [9.17, 15) is 20.1 Å². The molecule has 4 rings (SSSR count). The van der Waals surface area contributed by atoms with Crippen molar-refractivity contribution in [3.05, 3.63) is 12.2 Å². The van der Waals surface area contributed by atoms with Crippen molar-refractivity contribution in [3.63, 3.8) is 0 Å². The third-order valence-electron chi connectivity index (χ3n) is 11.0. The second-order valence-electron chi connectivity index (χ2n) is 12.6. The standard InChI is InChI=1S/C28H46O4/c1-16(2)17(3)6-7-18(4)22-10-11-23-21-9-8-19-12-20(30)13-25(32)27(19,5)26(21)24(31)14-28(22,23)15-29/h15-16,18-26,30-32H,3,6-14H2,1-2,4-5H3/t18-,19+,20-,21+,22-,23+,24-,25+,26-,27-,28+/m1/s1. The molecule has 3 N–H and O–H groups in total. The Balaban J connectivity index is 1.58. The van der Waals surface area contributed by atoms with Crippen LogP contribution in [0, 0.1) is 52.3 Å². The first-order chi connectivity index (χ1) is 15.1. The van der Waals surface area contributed by atoms with Crippen LogP contribution < -0.4 is 0 Å². The van der Waals surface area contributed by atoms with Gasteiger partial charge in [-0.25, -0.2) is 0 Å². The van der Waals surface area contributed by atoms with Crippen LogP contribution in [0.1, 0.15) is 85.5 Å². The van der Waals surface area contributed by atoms with Crippen LogP contribution in [0.25, 0.3) is 0 Å². The molecule has 4 saturated carbocycles. The van der Waals surface area contributed by atoms with Gasteiger partial charge in [0.2, 0.25) is 0 Å². The molecule has 0 radical (unpaired) electrons. The summed E-state index contributed by atoms with van der Waals surface area (Å²) in [4.78, 5) is 12.8. The first-order valence-corrected chi connectivity index (χ1v) is 13.2. The van der Waals surface area contributed by atoms with Crippen LogP contribution in [0.4, 0.5) is 0 Å². The van der Waals surface area contributed by atoms with E-state index in [1.165, 1.54) is 11.9 Å². The van der Waals surface area contributed by atoms with E-state index < -0.39 is 23.7 Å².